The van der Waals surface area contributed by atoms with Crippen LogP contribution in [0.4, 0.5) is 4.39 Å². The van der Waals surface area contributed by atoms with E-state index in [0.717, 1.165) is 33.1 Å². The van der Waals surface area contributed by atoms with Gasteiger partial charge in [0.15, 0.2) is 6.04 Å². The number of tetrazole rings is 1. The summed E-state index contributed by atoms with van der Waals surface area (Å²) in [7, 11) is 2.08. The second kappa shape index (κ2) is 8.32. The quantitative estimate of drug-likeness (QED) is 0.553. The molecule has 5 nitrogen and oxygen atoms in total. The van der Waals surface area contributed by atoms with E-state index in [1.807, 2.05) is 60.1 Å². The van der Waals surface area contributed by atoms with Gasteiger partial charge >= 0.3 is 0 Å². The SMILES string of the molecule is Cc1ccccc1-n1nnnc1[C@@H](c1ccccc1)[NH+](C)Cc1cccc(F)c1. The molecule has 1 heterocycles. The van der Waals surface area contributed by atoms with Gasteiger partial charge in [0.2, 0.25) is 5.82 Å². The number of aromatic nitrogens is 4. The van der Waals surface area contributed by atoms with Gasteiger partial charge in [-0.3, -0.25) is 0 Å². The van der Waals surface area contributed by atoms with E-state index in [1.54, 1.807) is 12.1 Å². The standard InChI is InChI=1S/C23H22FN5/c1-17-9-6-7-14-21(17)29-23(25-26-27-29)22(19-11-4-3-5-12-19)28(2)16-18-10-8-13-20(24)15-18/h3-15,22H,16H2,1-2H3/p+1/t22-/m1/s1. The summed E-state index contributed by atoms with van der Waals surface area (Å²) in [5.74, 6) is 0.524. The normalized spacial score (nSPS) is 13.2. The lowest BCUT2D eigenvalue weighted by atomic mass is 10.0. The molecule has 0 aliphatic heterocycles. The molecule has 2 atom stereocenters. The Morgan fingerprint density at radius 2 is 1.72 bits per heavy atom. The van der Waals surface area contributed by atoms with Crippen molar-refractivity contribution >= 4 is 0 Å². The minimum absolute atomic E-state index is 0.117. The summed E-state index contributed by atoms with van der Waals surface area (Å²) in [6.45, 7) is 2.68. The predicted octanol–water partition coefficient (Wildman–Crippen LogP) is 2.91. The van der Waals surface area contributed by atoms with Crippen molar-refractivity contribution in [3.05, 3.63) is 107 Å². The van der Waals surface area contributed by atoms with Gasteiger partial charge in [-0.2, -0.15) is 4.68 Å². The van der Waals surface area contributed by atoms with Crippen molar-refractivity contribution in [2.24, 2.45) is 0 Å². The van der Waals surface area contributed by atoms with Crippen LogP contribution in [0.15, 0.2) is 78.9 Å². The smallest absolute Gasteiger partial charge is 0.218 e. The third-order valence-electron chi connectivity index (χ3n) is 5.09. The molecule has 3 aromatic carbocycles. The van der Waals surface area contributed by atoms with Crippen molar-refractivity contribution < 1.29 is 9.29 Å². The van der Waals surface area contributed by atoms with Gasteiger partial charge in [-0.1, -0.05) is 60.7 Å². The highest BCUT2D eigenvalue weighted by molar-refractivity contribution is 5.40. The zero-order valence-electron chi connectivity index (χ0n) is 16.5. The summed E-state index contributed by atoms with van der Waals surface area (Å²) in [6, 6.07) is 24.8. The van der Waals surface area contributed by atoms with Gasteiger partial charge in [0, 0.05) is 11.1 Å². The first kappa shape index (κ1) is 19.0. The molecule has 0 saturated carbocycles. The Bertz CT molecular complexity index is 1090. The van der Waals surface area contributed by atoms with E-state index < -0.39 is 0 Å². The number of hydrogen-bond donors (Lipinski definition) is 1. The Morgan fingerprint density at radius 1 is 0.966 bits per heavy atom. The molecule has 1 unspecified atom stereocenters. The van der Waals surface area contributed by atoms with E-state index in [-0.39, 0.29) is 11.9 Å². The predicted molar refractivity (Wildman–Crippen MR) is 109 cm³/mol. The van der Waals surface area contributed by atoms with Crippen LogP contribution in [0.1, 0.15) is 28.6 Å². The maximum atomic E-state index is 13.7. The van der Waals surface area contributed by atoms with E-state index in [1.165, 1.54) is 6.07 Å². The van der Waals surface area contributed by atoms with Crippen LogP contribution in [0.25, 0.3) is 5.69 Å². The minimum atomic E-state index is -0.226. The van der Waals surface area contributed by atoms with Gasteiger partial charge < -0.3 is 4.90 Å². The van der Waals surface area contributed by atoms with Gasteiger partial charge in [0.25, 0.3) is 0 Å². The number of nitrogens with one attached hydrogen (secondary N) is 1. The summed E-state index contributed by atoms with van der Waals surface area (Å²) >= 11 is 0. The van der Waals surface area contributed by atoms with E-state index in [9.17, 15) is 4.39 Å². The number of hydrogen-bond acceptors (Lipinski definition) is 3. The summed E-state index contributed by atoms with van der Waals surface area (Å²) < 4.78 is 15.5. The number of halogens is 1. The molecule has 1 aromatic heterocycles. The molecular weight excluding hydrogens is 365 g/mol. The molecule has 0 amide bonds. The van der Waals surface area contributed by atoms with E-state index in [0.29, 0.717) is 6.54 Å². The zero-order chi connectivity index (χ0) is 20.2. The lowest BCUT2D eigenvalue weighted by Crippen LogP contribution is -3.08. The molecule has 0 saturated heterocycles. The molecule has 29 heavy (non-hydrogen) atoms. The van der Waals surface area contributed by atoms with Gasteiger partial charge in [-0.15, -0.1) is 5.10 Å². The van der Waals surface area contributed by atoms with Crippen LogP contribution in [0.2, 0.25) is 0 Å². The summed E-state index contributed by atoms with van der Waals surface area (Å²) in [6.07, 6.45) is 0. The van der Waals surface area contributed by atoms with Gasteiger partial charge in [0.05, 0.1) is 12.7 Å². The van der Waals surface area contributed by atoms with Crippen LogP contribution in [-0.4, -0.2) is 27.3 Å². The molecule has 1 N–H and O–H groups in total. The zero-order valence-corrected chi connectivity index (χ0v) is 16.5. The van der Waals surface area contributed by atoms with Gasteiger partial charge in [-0.05, 0) is 41.1 Å². The number of benzene rings is 3. The maximum absolute atomic E-state index is 13.7. The van der Waals surface area contributed by atoms with Crippen LogP contribution in [0.5, 0.6) is 0 Å². The maximum Gasteiger partial charge on any atom is 0.218 e. The average Bonchev–Trinajstić information content (AvgIpc) is 3.18. The monoisotopic (exact) mass is 388 g/mol. The largest absolute Gasteiger partial charge is 0.321 e. The second-order valence-corrected chi connectivity index (χ2v) is 7.23. The Kier molecular flexibility index (Phi) is 5.44. The van der Waals surface area contributed by atoms with Crippen LogP contribution in [-0.2, 0) is 6.54 Å². The number of aryl methyl sites for hydroxylation is 1. The number of nitrogens with zero attached hydrogens (tertiary/aromatic N) is 4. The molecule has 0 aliphatic rings. The highest BCUT2D eigenvalue weighted by Crippen LogP contribution is 2.21. The third kappa shape index (κ3) is 4.07. The van der Waals surface area contributed by atoms with Crippen LogP contribution < -0.4 is 4.90 Å². The van der Waals surface area contributed by atoms with Crippen molar-refractivity contribution in [3.8, 4) is 5.69 Å². The fourth-order valence-electron chi connectivity index (χ4n) is 3.72. The molecule has 6 heteroatoms. The van der Waals surface area contributed by atoms with Crippen LogP contribution >= 0.6 is 0 Å². The first-order valence-corrected chi connectivity index (χ1v) is 9.59. The van der Waals surface area contributed by atoms with Crippen molar-refractivity contribution in [1.82, 2.24) is 20.2 Å². The molecule has 4 rings (SSSR count). The highest BCUT2D eigenvalue weighted by atomic mass is 19.1. The molecule has 146 valence electrons. The fourth-order valence-corrected chi connectivity index (χ4v) is 3.72. The Morgan fingerprint density at radius 3 is 2.48 bits per heavy atom. The van der Waals surface area contributed by atoms with Crippen molar-refractivity contribution in [2.75, 3.05) is 7.05 Å². The molecule has 0 radical (unpaired) electrons. The Labute approximate surface area is 169 Å². The van der Waals surface area contributed by atoms with Gasteiger partial charge in [0.1, 0.15) is 12.4 Å². The highest BCUT2D eigenvalue weighted by Gasteiger charge is 2.30. The van der Waals surface area contributed by atoms with E-state index in [4.69, 9.17) is 0 Å². The first-order valence-electron chi connectivity index (χ1n) is 9.59. The number of para-hydroxylation sites is 1. The Hall–Kier alpha value is -3.38. The lowest BCUT2D eigenvalue weighted by Gasteiger charge is -2.25. The summed E-state index contributed by atoms with van der Waals surface area (Å²) in [5, 5.41) is 12.7. The summed E-state index contributed by atoms with van der Waals surface area (Å²) in [5.41, 5.74) is 4.08. The van der Waals surface area contributed by atoms with Crippen LogP contribution in [0.3, 0.4) is 0 Å². The third-order valence-corrected chi connectivity index (χ3v) is 5.09. The lowest BCUT2D eigenvalue weighted by molar-refractivity contribution is -0.920. The Balaban J connectivity index is 1.77. The molecule has 0 aliphatic carbocycles. The second-order valence-electron chi connectivity index (χ2n) is 7.23. The molecule has 0 fully saturated rings. The summed E-state index contributed by atoms with van der Waals surface area (Å²) in [4.78, 5) is 1.14. The average molecular weight is 388 g/mol. The molecule has 0 bridgehead atoms. The number of rotatable bonds is 6. The minimum Gasteiger partial charge on any atom is -0.321 e. The van der Waals surface area contributed by atoms with Gasteiger partial charge in [-0.25, -0.2) is 4.39 Å². The molecular formula is C23H23FN5+. The fraction of sp³-hybridized carbons (Fsp3) is 0.174. The topological polar surface area (TPSA) is 48.0 Å². The van der Waals surface area contributed by atoms with E-state index >= 15 is 0 Å². The van der Waals surface area contributed by atoms with Crippen molar-refractivity contribution in [3.63, 3.8) is 0 Å². The van der Waals surface area contributed by atoms with E-state index in [2.05, 4.69) is 34.7 Å². The molecule has 0 spiro atoms. The first-order chi connectivity index (χ1) is 14.1. The van der Waals surface area contributed by atoms with Crippen molar-refractivity contribution in [1.29, 1.82) is 0 Å². The molecule has 4 aromatic rings. The van der Waals surface area contributed by atoms with Crippen LogP contribution in [0, 0.1) is 12.7 Å². The van der Waals surface area contributed by atoms with Crippen molar-refractivity contribution in [2.45, 2.75) is 19.5 Å². The number of quaternary nitrogens is 1.